The van der Waals surface area contributed by atoms with Crippen LogP contribution in [-0.2, 0) is 7.05 Å². The molecule has 1 aromatic heterocycles. The van der Waals surface area contributed by atoms with Crippen LogP contribution in [0.15, 0.2) is 54.6 Å². The molecule has 0 radical (unpaired) electrons. The summed E-state index contributed by atoms with van der Waals surface area (Å²) < 4.78 is 1.79. The first-order valence-electron chi connectivity index (χ1n) is 8.18. The van der Waals surface area contributed by atoms with Gasteiger partial charge in [0, 0.05) is 26.8 Å². The number of fused-ring (bicyclic) bond motifs is 1. The van der Waals surface area contributed by atoms with E-state index < -0.39 is 0 Å². The molecule has 0 atom stereocenters. The molecule has 0 unspecified atom stereocenters. The van der Waals surface area contributed by atoms with E-state index in [1.54, 1.807) is 36.9 Å². The predicted octanol–water partition coefficient (Wildman–Crippen LogP) is 3.56. The van der Waals surface area contributed by atoms with Crippen LogP contribution in [0, 0.1) is 0 Å². The lowest BCUT2D eigenvalue weighted by atomic mass is 10.1. The molecule has 0 aliphatic rings. The number of anilines is 1. The summed E-state index contributed by atoms with van der Waals surface area (Å²) in [4.78, 5) is 30.1. The summed E-state index contributed by atoms with van der Waals surface area (Å²) in [7, 11) is 5.18. The highest BCUT2D eigenvalue weighted by Crippen LogP contribution is 2.16. The Kier molecular flexibility index (Phi) is 4.84. The maximum atomic E-state index is 12.5. The first-order valence-corrected chi connectivity index (χ1v) is 8.18. The van der Waals surface area contributed by atoms with Crippen LogP contribution in [0.3, 0.4) is 0 Å². The highest BCUT2D eigenvalue weighted by molar-refractivity contribution is 6.06. The van der Waals surface area contributed by atoms with Crippen molar-refractivity contribution in [1.82, 2.24) is 14.5 Å². The Balaban J connectivity index is 1.79. The van der Waals surface area contributed by atoms with E-state index in [4.69, 9.17) is 0 Å². The molecule has 0 bridgehead atoms. The number of rotatable bonds is 4. The second-order valence-electron chi connectivity index (χ2n) is 6.13. The quantitative estimate of drug-likeness (QED) is 0.579. The number of aryl methyl sites for hydroxylation is 1. The number of urea groups is 1. The summed E-state index contributed by atoms with van der Waals surface area (Å²) >= 11 is 0. The average Bonchev–Trinajstić information content (AvgIpc) is 2.97. The van der Waals surface area contributed by atoms with Gasteiger partial charge in [0.05, 0.1) is 11.0 Å². The second-order valence-corrected chi connectivity index (χ2v) is 6.13. The molecule has 1 N–H and O–H groups in total. The van der Waals surface area contributed by atoms with E-state index in [-0.39, 0.29) is 11.8 Å². The number of allylic oxidation sites excluding steroid dienone is 1. The maximum Gasteiger partial charge on any atom is 0.321 e. The summed E-state index contributed by atoms with van der Waals surface area (Å²) in [6.45, 7) is 0. The molecular formula is C20H20N4O2. The van der Waals surface area contributed by atoms with Crippen molar-refractivity contribution in [3.8, 4) is 0 Å². The standard InChI is InChI=1S/C20H20N4O2/c1-23(2)20(26)21-15-8-6-7-14(13-15)11-12-18(25)19-22-16-9-4-5-10-17(16)24(19)3/h4-13H,1-3H3,(H,21,26)/b12-11+. The molecule has 2 aromatic carbocycles. The molecule has 1 heterocycles. The summed E-state index contributed by atoms with van der Waals surface area (Å²) in [6, 6.07) is 14.7. The van der Waals surface area contributed by atoms with Gasteiger partial charge in [0.15, 0.2) is 5.82 Å². The van der Waals surface area contributed by atoms with Crippen LogP contribution in [0.25, 0.3) is 17.1 Å². The number of amides is 2. The number of para-hydroxylation sites is 2. The molecule has 6 nitrogen and oxygen atoms in total. The number of hydrogen-bond donors (Lipinski definition) is 1. The van der Waals surface area contributed by atoms with Gasteiger partial charge in [0.1, 0.15) is 0 Å². The summed E-state index contributed by atoms with van der Waals surface area (Å²) in [5, 5.41) is 2.78. The van der Waals surface area contributed by atoms with Gasteiger partial charge in [-0.2, -0.15) is 0 Å². The molecule has 0 aliphatic heterocycles. The maximum absolute atomic E-state index is 12.5. The number of carbonyl (C=O) groups excluding carboxylic acids is 2. The lowest BCUT2D eigenvalue weighted by Crippen LogP contribution is -2.27. The Morgan fingerprint density at radius 2 is 1.88 bits per heavy atom. The number of hydrogen-bond acceptors (Lipinski definition) is 3. The molecule has 6 heteroatoms. The van der Waals surface area contributed by atoms with Gasteiger partial charge in [-0.15, -0.1) is 0 Å². The van der Waals surface area contributed by atoms with E-state index in [0.29, 0.717) is 11.5 Å². The Labute approximate surface area is 151 Å². The zero-order valence-electron chi connectivity index (χ0n) is 14.9. The largest absolute Gasteiger partial charge is 0.331 e. The first kappa shape index (κ1) is 17.4. The number of carbonyl (C=O) groups is 2. The fourth-order valence-electron chi connectivity index (χ4n) is 2.57. The predicted molar refractivity (Wildman–Crippen MR) is 103 cm³/mol. The Morgan fingerprint density at radius 3 is 2.62 bits per heavy atom. The molecular weight excluding hydrogens is 328 g/mol. The highest BCUT2D eigenvalue weighted by atomic mass is 16.2. The minimum Gasteiger partial charge on any atom is -0.331 e. The van der Waals surface area contributed by atoms with Gasteiger partial charge in [-0.1, -0.05) is 30.3 Å². The van der Waals surface area contributed by atoms with Crippen LogP contribution < -0.4 is 5.32 Å². The van der Waals surface area contributed by atoms with Gasteiger partial charge in [-0.3, -0.25) is 4.79 Å². The summed E-state index contributed by atoms with van der Waals surface area (Å²) in [5.41, 5.74) is 3.19. The summed E-state index contributed by atoms with van der Waals surface area (Å²) in [6.07, 6.45) is 3.21. The zero-order chi connectivity index (χ0) is 18.7. The van der Waals surface area contributed by atoms with Crippen molar-refractivity contribution in [1.29, 1.82) is 0 Å². The fraction of sp³-hybridized carbons (Fsp3) is 0.150. The lowest BCUT2D eigenvalue weighted by Gasteiger charge is -2.12. The molecule has 0 fully saturated rings. The van der Waals surface area contributed by atoms with Crippen LogP contribution >= 0.6 is 0 Å². The Bertz CT molecular complexity index is 1000. The third-order valence-electron chi connectivity index (χ3n) is 3.98. The Hall–Kier alpha value is -3.41. The van der Waals surface area contributed by atoms with Crippen LogP contribution in [0.1, 0.15) is 16.2 Å². The number of ketones is 1. The normalized spacial score (nSPS) is 11.0. The van der Waals surface area contributed by atoms with Crippen molar-refractivity contribution < 1.29 is 9.59 Å². The minimum atomic E-state index is -0.207. The monoisotopic (exact) mass is 348 g/mol. The van der Waals surface area contributed by atoms with E-state index in [1.165, 1.54) is 11.0 Å². The minimum absolute atomic E-state index is 0.175. The summed E-state index contributed by atoms with van der Waals surface area (Å²) in [5.74, 6) is 0.214. The van der Waals surface area contributed by atoms with Crippen molar-refractivity contribution in [2.45, 2.75) is 0 Å². The van der Waals surface area contributed by atoms with Gasteiger partial charge in [0.2, 0.25) is 5.78 Å². The molecule has 0 aliphatic carbocycles. The van der Waals surface area contributed by atoms with Crippen molar-refractivity contribution in [2.24, 2.45) is 7.05 Å². The lowest BCUT2D eigenvalue weighted by molar-refractivity contribution is 0.103. The SMILES string of the molecule is CN(C)C(=O)Nc1cccc(/C=C/C(=O)c2nc3ccccc3n2C)c1. The molecule has 132 valence electrons. The van der Waals surface area contributed by atoms with Crippen molar-refractivity contribution in [3.63, 3.8) is 0 Å². The molecule has 26 heavy (non-hydrogen) atoms. The number of imidazole rings is 1. The molecule has 3 rings (SSSR count). The number of nitrogens with zero attached hydrogens (tertiary/aromatic N) is 3. The zero-order valence-corrected chi connectivity index (χ0v) is 14.9. The molecule has 0 saturated carbocycles. The third-order valence-corrected chi connectivity index (χ3v) is 3.98. The fourth-order valence-corrected chi connectivity index (χ4v) is 2.57. The molecule has 2 amide bonds. The number of nitrogens with one attached hydrogen (secondary N) is 1. The van der Waals surface area contributed by atoms with Gasteiger partial charge in [0.25, 0.3) is 0 Å². The van der Waals surface area contributed by atoms with Crippen LogP contribution in [0.2, 0.25) is 0 Å². The molecule has 0 spiro atoms. The number of benzene rings is 2. The van der Waals surface area contributed by atoms with Crippen molar-refractivity contribution in [3.05, 3.63) is 66.0 Å². The van der Waals surface area contributed by atoms with E-state index in [2.05, 4.69) is 10.3 Å². The number of aromatic nitrogens is 2. The smallest absolute Gasteiger partial charge is 0.321 e. The van der Waals surface area contributed by atoms with E-state index in [1.807, 2.05) is 43.4 Å². The third kappa shape index (κ3) is 3.64. The molecule has 3 aromatic rings. The first-order chi connectivity index (χ1) is 12.5. The van der Waals surface area contributed by atoms with Gasteiger partial charge < -0.3 is 14.8 Å². The van der Waals surface area contributed by atoms with E-state index >= 15 is 0 Å². The van der Waals surface area contributed by atoms with Crippen LogP contribution in [0.5, 0.6) is 0 Å². The van der Waals surface area contributed by atoms with Gasteiger partial charge >= 0.3 is 6.03 Å². The average molecular weight is 348 g/mol. The van der Waals surface area contributed by atoms with Crippen LogP contribution in [-0.4, -0.2) is 40.4 Å². The second kappa shape index (κ2) is 7.23. The highest BCUT2D eigenvalue weighted by Gasteiger charge is 2.12. The topological polar surface area (TPSA) is 67.2 Å². The van der Waals surface area contributed by atoms with Crippen molar-refractivity contribution >= 4 is 34.6 Å². The van der Waals surface area contributed by atoms with Gasteiger partial charge in [-0.05, 0) is 35.9 Å². The van der Waals surface area contributed by atoms with Crippen molar-refractivity contribution in [2.75, 3.05) is 19.4 Å². The Morgan fingerprint density at radius 1 is 1.12 bits per heavy atom. The van der Waals surface area contributed by atoms with Crippen LogP contribution in [0.4, 0.5) is 10.5 Å². The molecule has 0 saturated heterocycles. The van der Waals surface area contributed by atoms with E-state index in [0.717, 1.165) is 16.6 Å². The van der Waals surface area contributed by atoms with Gasteiger partial charge in [-0.25, -0.2) is 9.78 Å². The van der Waals surface area contributed by atoms with E-state index in [9.17, 15) is 9.59 Å².